The van der Waals surface area contributed by atoms with Gasteiger partial charge in [-0.3, -0.25) is 14.6 Å². The molecule has 124 valence electrons. The Labute approximate surface area is 141 Å². The Morgan fingerprint density at radius 1 is 1.43 bits per heavy atom. The first-order valence-electron chi connectivity index (χ1n) is 8.14. The van der Waals surface area contributed by atoms with Gasteiger partial charge in [0.15, 0.2) is 0 Å². The molecule has 0 saturated carbocycles. The van der Waals surface area contributed by atoms with Gasteiger partial charge >= 0.3 is 5.97 Å². The third-order valence-corrected chi connectivity index (χ3v) is 5.59. The number of fused-ring (bicyclic) bond motifs is 2. The largest absolute Gasteiger partial charge is 0.466 e. The molecular weight excluding hydrogens is 316 g/mol. The smallest absolute Gasteiger partial charge is 0.314 e. The Kier molecular flexibility index (Phi) is 4.32. The molecule has 2 bridgehead atoms. The fourth-order valence-corrected chi connectivity index (χ4v) is 4.40. The molecule has 2 aliphatic rings. The molecule has 3 atom stereocenters. The zero-order chi connectivity index (χ0) is 16.6. The number of carbonyl (C=O) groups is 2. The number of esters is 1. The Hall–Kier alpha value is -1.62. The van der Waals surface area contributed by atoms with E-state index in [0.717, 1.165) is 12.8 Å². The van der Waals surface area contributed by atoms with Gasteiger partial charge in [-0.2, -0.15) is 0 Å². The summed E-state index contributed by atoms with van der Waals surface area (Å²) in [7, 11) is 0. The minimum Gasteiger partial charge on any atom is -0.466 e. The molecule has 1 aromatic heterocycles. The molecule has 0 unspecified atom stereocenters. The molecule has 0 aromatic carbocycles. The van der Waals surface area contributed by atoms with Gasteiger partial charge in [0, 0.05) is 24.5 Å². The molecule has 1 amide bonds. The van der Waals surface area contributed by atoms with E-state index >= 15 is 0 Å². The predicted octanol–water partition coefficient (Wildman–Crippen LogP) is 3.07. The SMILES string of the molecule is CCOC(=O)[C@@]1(CC)C[C@H]2CC[C@@H]1N2C(=O)c1ccncc1Cl. The highest BCUT2D eigenvalue weighted by Gasteiger charge is 2.61. The Morgan fingerprint density at radius 3 is 2.87 bits per heavy atom. The molecule has 3 rings (SSSR count). The number of aromatic nitrogens is 1. The monoisotopic (exact) mass is 336 g/mol. The third kappa shape index (κ3) is 2.42. The number of nitrogens with zero attached hydrogens (tertiary/aromatic N) is 2. The predicted molar refractivity (Wildman–Crippen MR) is 86.2 cm³/mol. The maximum atomic E-state index is 13.0. The number of carbonyl (C=O) groups excluding carboxylic acids is 2. The van der Waals surface area contributed by atoms with Crippen LogP contribution in [0.1, 0.15) is 49.9 Å². The van der Waals surface area contributed by atoms with Gasteiger partial charge in [-0.15, -0.1) is 0 Å². The summed E-state index contributed by atoms with van der Waals surface area (Å²) in [5, 5.41) is 0.349. The average molecular weight is 337 g/mol. The topological polar surface area (TPSA) is 59.5 Å². The van der Waals surface area contributed by atoms with Gasteiger partial charge in [0.25, 0.3) is 5.91 Å². The van der Waals surface area contributed by atoms with Crippen LogP contribution in [0.2, 0.25) is 5.02 Å². The normalized spacial score (nSPS) is 28.9. The van der Waals surface area contributed by atoms with E-state index in [9.17, 15) is 9.59 Å². The van der Waals surface area contributed by atoms with Crippen LogP contribution in [0, 0.1) is 5.41 Å². The fraction of sp³-hybridized carbons (Fsp3) is 0.588. The Morgan fingerprint density at radius 2 is 2.22 bits per heavy atom. The van der Waals surface area contributed by atoms with Crippen molar-refractivity contribution in [3.63, 3.8) is 0 Å². The maximum absolute atomic E-state index is 13.0. The molecule has 1 aromatic rings. The zero-order valence-electron chi connectivity index (χ0n) is 13.4. The minimum absolute atomic E-state index is 0.0843. The van der Waals surface area contributed by atoms with E-state index in [4.69, 9.17) is 16.3 Å². The summed E-state index contributed by atoms with van der Waals surface area (Å²) < 4.78 is 5.32. The van der Waals surface area contributed by atoms with Gasteiger partial charge in [-0.05, 0) is 38.7 Å². The van der Waals surface area contributed by atoms with Crippen molar-refractivity contribution in [2.75, 3.05) is 6.61 Å². The number of hydrogen-bond donors (Lipinski definition) is 0. The molecule has 0 spiro atoms. The molecule has 0 aliphatic carbocycles. The van der Waals surface area contributed by atoms with Crippen LogP contribution in [0.15, 0.2) is 18.5 Å². The molecule has 23 heavy (non-hydrogen) atoms. The highest BCUT2D eigenvalue weighted by molar-refractivity contribution is 6.33. The van der Waals surface area contributed by atoms with Crippen molar-refractivity contribution in [3.8, 4) is 0 Å². The van der Waals surface area contributed by atoms with Crippen LogP contribution in [0.4, 0.5) is 0 Å². The molecule has 2 aliphatic heterocycles. The Balaban J connectivity index is 1.92. The van der Waals surface area contributed by atoms with Gasteiger partial charge in [-0.1, -0.05) is 18.5 Å². The van der Waals surface area contributed by atoms with E-state index < -0.39 is 5.41 Å². The first-order chi connectivity index (χ1) is 11.0. The average Bonchev–Trinajstić information content (AvgIpc) is 3.11. The van der Waals surface area contributed by atoms with Crippen LogP contribution in [-0.2, 0) is 9.53 Å². The summed E-state index contributed by atoms with van der Waals surface area (Å²) in [6, 6.07) is 1.62. The molecule has 3 heterocycles. The van der Waals surface area contributed by atoms with Crippen molar-refractivity contribution in [2.24, 2.45) is 5.41 Å². The molecule has 0 N–H and O–H groups in total. The second-order valence-electron chi connectivity index (χ2n) is 6.25. The van der Waals surface area contributed by atoms with E-state index in [0.29, 0.717) is 30.0 Å². The van der Waals surface area contributed by atoms with Gasteiger partial charge in [0.1, 0.15) is 0 Å². The third-order valence-electron chi connectivity index (χ3n) is 5.29. The van der Waals surface area contributed by atoms with Crippen molar-refractivity contribution in [3.05, 3.63) is 29.0 Å². The lowest BCUT2D eigenvalue weighted by atomic mass is 9.72. The summed E-state index contributed by atoms with van der Waals surface area (Å²) in [5.41, 5.74) is -0.122. The fourth-order valence-electron chi connectivity index (χ4n) is 4.20. The standard InChI is InChI=1S/C17H21ClN2O3/c1-3-17(16(22)23-4-2)9-11-5-6-14(17)20(11)15(21)12-7-8-19-10-13(12)18/h7-8,10-11,14H,3-6,9H2,1-2H3/t11-,14+,17+/m1/s1. The summed E-state index contributed by atoms with van der Waals surface area (Å²) in [6.45, 7) is 4.18. The highest BCUT2D eigenvalue weighted by atomic mass is 35.5. The van der Waals surface area contributed by atoms with E-state index in [1.807, 2.05) is 18.7 Å². The van der Waals surface area contributed by atoms with Crippen LogP contribution < -0.4 is 0 Å². The highest BCUT2D eigenvalue weighted by Crippen LogP contribution is 2.53. The van der Waals surface area contributed by atoms with Gasteiger partial charge in [0.2, 0.25) is 0 Å². The lowest BCUT2D eigenvalue weighted by Crippen LogP contribution is -2.45. The van der Waals surface area contributed by atoms with Crippen molar-refractivity contribution >= 4 is 23.5 Å². The first-order valence-corrected chi connectivity index (χ1v) is 8.52. The van der Waals surface area contributed by atoms with E-state index in [2.05, 4.69) is 4.98 Å². The zero-order valence-corrected chi connectivity index (χ0v) is 14.2. The van der Waals surface area contributed by atoms with Crippen LogP contribution >= 0.6 is 11.6 Å². The number of pyridine rings is 1. The van der Waals surface area contributed by atoms with Crippen molar-refractivity contribution < 1.29 is 14.3 Å². The van der Waals surface area contributed by atoms with Crippen molar-refractivity contribution in [1.82, 2.24) is 9.88 Å². The number of halogens is 1. The van der Waals surface area contributed by atoms with Crippen LogP contribution in [0.25, 0.3) is 0 Å². The minimum atomic E-state index is -0.575. The van der Waals surface area contributed by atoms with Crippen molar-refractivity contribution in [2.45, 2.75) is 51.6 Å². The first kappa shape index (κ1) is 16.2. The molecule has 2 fully saturated rings. The summed E-state index contributed by atoms with van der Waals surface area (Å²) in [6.07, 6.45) is 6.18. The van der Waals surface area contributed by atoms with Crippen molar-refractivity contribution in [1.29, 1.82) is 0 Å². The van der Waals surface area contributed by atoms with Crippen LogP contribution in [-0.4, -0.2) is 40.5 Å². The molecular formula is C17H21ClN2O3. The number of ether oxygens (including phenoxy) is 1. The quantitative estimate of drug-likeness (QED) is 0.793. The Bertz CT molecular complexity index is 636. The van der Waals surface area contributed by atoms with E-state index in [1.165, 1.54) is 6.20 Å². The number of amides is 1. The van der Waals surface area contributed by atoms with E-state index in [-0.39, 0.29) is 24.0 Å². The number of hydrogen-bond acceptors (Lipinski definition) is 4. The van der Waals surface area contributed by atoms with Gasteiger partial charge in [-0.25, -0.2) is 0 Å². The second-order valence-corrected chi connectivity index (χ2v) is 6.66. The van der Waals surface area contributed by atoms with Crippen LogP contribution in [0.3, 0.4) is 0 Å². The molecule has 6 heteroatoms. The van der Waals surface area contributed by atoms with Gasteiger partial charge < -0.3 is 9.64 Å². The summed E-state index contributed by atoms with van der Waals surface area (Å²) in [4.78, 5) is 31.3. The number of rotatable bonds is 4. The molecule has 2 saturated heterocycles. The molecule has 0 radical (unpaired) electrons. The lowest BCUT2D eigenvalue weighted by Gasteiger charge is -2.34. The van der Waals surface area contributed by atoms with Gasteiger partial charge in [0.05, 0.1) is 22.6 Å². The molecule has 5 nitrogen and oxygen atoms in total. The summed E-state index contributed by atoms with van der Waals surface area (Å²) in [5.74, 6) is -0.280. The second kappa shape index (κ2) is 6.11. The lowest BCUT2D eigenvalue weighted by molar-refractivity contribution is -0.157. The summed E-state index contributed by atoms with van der Waals surface area (Å²) >= 11 is 6.13. The van der Waals surface area contributed by atoms with Crippen LogP contribution in [0.5, 0.6) is 0 Å². The van der Waals surface area contributed by atoms with E-state index in [1.54, 1.807) is 12.3 Å². The maximum Gasteiger partial charge on any atom is 0.314 e.